The van der Waals surface area contributed by atoms with E-state index < -0.39 is 0 Å². The zero-order valence-electron chi connectivity index (χ0n) is 9.71. The van der Waals surface area contributed by atoms with E-state index in [0.29, 0.717) is 6.54 Å². The van der Waals surface area contributed by atoms with Gasteiger partial charge in [-0.15, -0.1) is 11.3 Å². The van der Waals surface area contributed by atoms with E-state index in [2.05, 4.69) is 10.6 Å². The Labute approximate surface area is 105 Å². The minimum atomic E-state index is 0.0168. The van der Waals surface area contributed by atoms with Gasteiger partial charge < -0.3 is 10.6 Å². The summed E-state index contributed by atoms with van der Waals surface area (Å²) in [5, 5.41) is 7.98. The van der Waals surface area contributed by atoms with E-state index in [0.717, 1.165) is 9.90 Å². The third-order valence-electron chi connectivity index (χ3n) is 2.11. The van der Waals surface area contributed by atoms with Crippen LogP contribution in [0.4, 0.5) is 0 Å². The van der Waals surface area contributed by atoms with Crippen molar-refractivity contribution in [3.8, 4) is 0 Å². The van der Waals surface area contributed by atoms with E-state index in [4.69, 9.17) is 11.6 Å². The Hall–Kier alpha value is -0.580. The molecule has 0 aromatic carbocycles. The van der Waals surface area contributed by atoms with Crippen LogP contribution in [0.3, 0.4) is 0 Å². The number of rotatable bonds is 5. The van der Waals surface area contributed by atoms with Crippen LogP contribution in [0, 0.1) is 0 Å². The fraction of sp³-hybridized carbons (Fsp3) is 0.545. The van der Waals surface area contributed by atoms with Gasteiger partial charge in [0.05, 0.1) is 10.9 Å². The summed E-state index contributed by atoms with van der Waals surface area (Å²) < 4.78 is 0.773. The van der Waals surface area contributed by atoms with Crippen molar-refractivity contribution in [1.82, 2.24) is 10.6 Å². The van der Waals surface area contributed by atoms with Gasteiger partial charge in [-0.25, -0.2) is 0 Å². The molecule has 0 fully saturated rings. The van der Waals surface area contributed by atoms with Gasteiger partial charge in [0.1, 0.15) is 0 Å². The second-order valence-corrected chi connectivity index (χ2v) is 5.55. The summed E-state index contributed by atoms with van der Waals surface area (Å²) in [5.74, 6) is 0.0168. The first-order chi connectivity index (χ1) is 7.49. The van der Waals surface area contributed by atoms with Crippen molar-refractivity contribution >= 4 is 28.8 Å². The van der Waals surface area contributed by atoms with Gasteiger partial charge in [-0.05, 0) is 37.8 Å². The van der Waals surface area contributed by atoms with E-state index in [1.54, 1.807) is 0 Å². The molecule has 1 aromatic rings. The molecule has 1 aromatic heterocycles. The number of amides is 1. The summed E-state index contributed by atoms with van der Waals surface area (Å²) in [7, 11) is 0. The van der Waals surface area contributed by atoms with Gasteiger partial charge in [-0.3, -0.25) is 4.79 Å². The van der Waals surface area contributed by atoms with Crippen LogP contribution in [0.5, 0.6) is 0 Å². The van der Waals surface area contributed by atoms with Crippen molar-refractivity contribution in [3.63, 3.8) is 0 Å². The number of carbonyl (C=O) groups is 1. The smallest absolute Gasteiger partial charge is 0.234 e. The Morgan fingerprint density at radius 2 is 2.19 bits per heavy atom. The molecule has 0 spiro atoms. The predicted octanol–water partition coefficient (Wildman–Crippen LogP) is 2.58. The highest BCUT2D eigenvalue weighted by molar-refractivity contribution is 7.14. The van der Waals surface area contributed by atoms with Crippen LogP contribution in [-0.2, 0) is 4.79 Å². The molecule has 5 heteroatoms. The van der Waals surface area contributed by atoms with Crippen LogP contribution in [0.25, 0.3) is 0 Å². The molecule has 1 atom stereocenters. The fourth-order valence-corrected chi connectivity index (χ4v) is 2.27. The minimum Gasteiger partial charge on any atom is -0.353 e. The SMILES string of the molecule is CC(C)NC(=O)CNC(C)c1csc(Cl)c1. The van der Waals surface area contributed by atoms with Gasteiger partial charge in [0.2, 0.25) is 5.91 Å². The van der Waals surface area contributed by atoms with Crippen molar-refractivity contribution < 1.29 is 4.79 Å². The number of carbonyl (C=O) groups excluding carboxylic acids is 1. The number of halogens is 1. The molecular weight excluding hydrogens is 244 g/mol. The maximum Gasteiger partial charge on any atom is 0.234 e. The van der Waals surface area contributed by atoms with Crippen molar-refractivity contribution in [1.29, 1.82) is 0 Å². The van der Waals surface area contributed by atoms with Gasteiger partial charge in [0, 0.05) is 12.1 Å². The number of nitrogens with one attached hydrogen (secondary N) is 2. The van der Waals surface area contributed by atoms with E-state index >= 15 is 0 Å². The lowest BCUT2D eigenvalue weighted by Crippen LogP contribution is -2.38. The Morgan fingerprint density at radius 3 is 2.69 bits per heavy atom. The summed E-state index contributed by atoms with van der Waals surface area (Å²) in [6, 6.07) is 2.24. The fourth-order valence-electron chi connectivity index (χ4n) is 1.29. The second-order valence-electron chi connectivity index (χ2n) is 4.01. The van der Waals surface area contributed by atoms with Crippen molar-refractivity contribution in [2.45, 2.75) is 32.9 Å². The Balaban J connectivity index is 2.35. The topological polar surface area (TPSA) is 41.1 Å². The molecule has 3 nitrogen and oxygen atoms in total. The highest BCUT2D eigenvalue weighted by atomic mass is 35.5. The van der Waals surface area contributed by atoms with Gasteiger partial charge in [-0.2, -0.15) is 0 Å². The highest BCUT2D eigenvalue weighted by Gasteiger charge is 2.09. The summed E-state index contributed by atoms with van der Waals surface area (Å²) >= 11 is 7.35. The summed E-state index contributed by atoms with van der Waals surface area (Å²) in [6.45, 7) is 6.23. The molecule has 16 heavy (non-hydrogen) atoms. The third kappa shape index (κ3) is 4.51. The van der Waals surface area contributed by atoms with Crippen molar-refractivity contribution in [2.24, 2.45) is 0 Å². The lowest BCUT2D eigenvalue weighted by molar-refractivity contribution is -0.120. The average molecular weight is 261 g/mol. The Kier molecular flexibility index (Phi) is 5.25. The maximum atomic E-state index is 11.4. The molecule has 0 aliphatic carbocycles. The normalized spacial score (nSPS) is 12.8. The standard InChI is InChI=1S/C11H17ClN2OS/c1-7(2)14-11(15)5-13-8(3)9-4-10(12)16-6-9/h4,6-8,13H,5H2,1-3H3,(H,14,15). The Morgan fingerprint density at radius 1 is 1.50 bits per heavy atom. The minimum absolute atomic E-state index is 0.0168. The zero-order chi connectivity index (χ0) is 12.1. The second kappa shape index (κ2) is 6.23. The van der Waals surface area contributed by atoms with Crippen LogP contribution in [0.15, 0.2) is 11.4 Å². The first-order valence-corrected chi connectivity index (χ1v) is 6.51. The molecule has 0 saturated carbocycles. The molecule has 2 N–H and O–H groups in total. The number of thiophene rings is 1. The lowest BCUT2D eigenvalue weighted by Gasteiger charge is -2.13. The summed E-state index contributed by atoms with van der Waals surface area (Å²) in [4.78, 5) is 11.4. The molecule has 0 saturated heterocycles. The van der Waals surface area contributed by atoms with Crippen LogP contribution < -0.4 is 10.6 Å². The van der Waals surface area contributed by atoms with Gasteiger partial charge in [0.25, 0.3) is 0 Å². The Bertz CT molecular complexity index is 352. The molecule has 1 rings (SSSR count). The monoisotopic (exact) mass is 260 g/mol. The third-order valence-corrected chi connectivity index (χ3v) is 3.22. The summed E-state index contributed by atoms with van der Waals surface area (Å²) in [5.41, 5.74) is 1.12. The summed E-state index contributed by atoms with van der Waals surface area (Å²) in [6.07, 6.45) is 0. The van der Waals surface area contributed by atoms with Gasteiger partial charge in [-0.1, -0.05) is 11.6 Å². The van der Waals surface area contributed by atoms with E-state index in [9.17, 15) is 4.79 Å². The highest BCUT2D eigenvalue weighted by Crippen LogP contribution is 2.24. The molecule has 0 bridgehead atoms. The zero-order valence-corrected chi connectivity index (χ0v) is 11.3. The maximum absolute atomic E-state index is 11.4. The molecule has 1 heterocycles. The first-order valence-electron chi connectivity index (χ1n) is 5.25. The van der Waals surface area contributed by atoms with E-state index in [-0.39, 0.29) is 18.0 Å². The largest absolute Gasteiger partial charge is 0.353 e. The van der Waals surface area contributed by atoms with Gasteiger partial charge >= 0.3 is 0 Å². The molecule has 0 aliphatic rings. The van der Waals surface area contributed by atoms with Crippen LogP contribution in [-0.4, -0.2) is 18.5 Å². The average Bonchev–Trinajstić information content (AvgIpc) is 2.60. The van der Waals surface area contributed by atoms with Crippen LogP contribution in [0.1, 0.15) is 32.4 Å². The molecule has 90 valence electrons. The van der Waals surface area contributed by atoms with Gasteiger partial charge in [0.15, 0.2) is 0 Å². The van der Waals surface area contributed by atoms with Crippen LogP contribution >= 0.6 is 22.9 Å². The first kappa shape index (κ1) is 13.5. The quantitative estimate of drug-likeness (QED) is 0.854. The van der Waals surface area contributed by atoms with E-state index in [1.165, 1.54) is 11.3 Å². The number of hydrogen-bond donors (Lipinski definition) is 2. The molecule has 0 aliphatic heterocycles. The van der Waals surface area contributed by atoms with Crippen molar-refractivity contribution in [3.05, 3.63) is 21.3 Å². The van der Waals surface area contributed by atoms with E-state index in [1.807, 2.05) is 32.2 Å². The molecule has 0 radical (unpaired) electrons. The molecule has 1 amide bonds. The number of hydrogen-bond acceptors (Lipinski definition) is 3. The lowest BCUT2D eigenvalue weighted by atomic mass is 10.2. The predicted molar refractivity (Wildman–Crippen MR) is 69.0 cm³/mol. The molecule has 1 unspecified atom stereocenters. The van der Waals surface area contributed by atoms with Crippen molar-refractivity contribution in [2.75, 3.05) is 6.54 Å². The molecular formula is C11H17ClN2OS. The van der Waals surface area contributed by atoms with Crippen LogP contribution in [0.2, 0.25) is 4.34 Å².